The number of urea groups is 1. The van der Waals surface area contributed by atoms with Crippen LogP contribution >= 0.6 is 0 Å². The van der Waals surface area contributed by atoms with E-state index in [1.807, 2.05) is 6.92 Å². The third-order valence-electron chi connectivity index (χ3n) is 4.64. The highest BCUT2D eigenvalue weighted by Crippen LogP contribution is 2.16. The number of halogens is 1. The molecule has 0 aliphatic carbocycles. The van der Waals surface area contributed by atoms with Crippen LogP contribution in [0.3, 0.4) is 0 Å². The van der Waals surface area contributed by atoms with E-state index in [9.17, 15) is 17.6 Å². The van der Waals surface area contributed by atoms with Gasteiger partial charge in [-0.1, -0.05) is 38.1 Å². The largest absolute Gasteiger partial charge is 0.334 e. The van der Waals surface area contributed by atoms with Crippen molar-refractivity contribution in [3.63, 3.8) is 0 Å². The van der Waals surface area contributed by atoms with Crippen molar-refractivity contribution in [2.24, 2.45) is 0 Å². The predicted octanol–water partition coefficient (Wildman–Crippen LogP) is 3.59. The topological polar surface area (TPSA) is 69.7 Å². The minimum atomic E-state index is -3.50. The first kappa shape index (κ1) is 22.8. The molecular weight excluding hydrogens is 393 g/mol. The summed E-state index contributed by atoms with van der Waals surface area (Å²) in [5.74, 6) is -0.335. The molecule has 1 N–H and O–H groups in total. The molecule has 0 bridgehead atoms. The minimum absolute atomic E-state index is 0.234. The monoisotopic (exact) mass is 421 g/mol. The summed E-state index contributed by atoms with van der Waals surface area (Å²) in [6.07, 6.45) is 0. The fraction of sp³-hybridized carbons (Fsp3) is 0.381. The third kappa shape index (κ3) is 6.01. The Hall–Kier alpha value is -2.45. The van der Waals surface area contributed by atoms with Gasteiger partial charge in [0.05, 0.1) is 4.90 Å². The first-order valence-electron chi connectivity index (χ1n) is 9.68. The second-order valence-corrected chi connectivity index (χ2v) is 8.47. The first-order valence-corrected chi connectivity index (χ1v) is 11.1. The lowest BCUT2D eigenvalue weighted by Gasteiger charge is -2.22. The lowest BCUT2D eigenvalue weighted by Crippen LogP contribution is -2.39. The fourth-order valence-corrected chi connectivity index (χ4v) is 4.42. The standard InChI is InChI=1S/C21H28FN3O3S/c1-4-24(16-18-8-7-9-19(22)14-18)21(26)23-15-17-10-12-20(13-11-17)29(27,28)25(5-2)6-3/h7-14H,4-6,15-16H2,1-3H3,(H,23,26). The SMILES string of the molecule is CCN(Cc1cccc(F)c1)C(=O)NCc1ccc(S(=O)(=O)N(CC)CC)cc1. The molecular formula is C21H28FN3O3S. The number of sulfonamides is 1. The van der Waals surface area contributed by atoms with E-state index in [2.05, 4.69) is 5.32 Å². The summed E-state index contributed by atoms with van der Waals surface area (Å²) in [4.78, 5) is 14.3. The number of hydrogen-bond donors (Lipinski definition) is 1. The zero-order valence-electron chi connectivity index (χ0n) is 17.1. The van der Waals surface area contributed by atoms with Crippen molar-refractivity contribution in [1.29, 1.82) is 0 Å². The fourth-order valence-electron chi connectivity index (χ4n) is 2.96. The highest BCUT2D eigenvalue weighted by atomic mass is 32.2. The van der Waals surface area contributed by atoms with E-state index in [0.29, 0.717) is 31.7 Å². The molecule has 2 rings (SSSR count). The molecule has 0 atom stereocenters. The van der Waals surface area contributed by atoms with Crippen molar-refractivity contribution in [2.75, 3.05) is 19.6 Å². The van der Waals surface area contributed by atoms with Gasteiger partial charge in [-0.05, 0) is 42.3 Å². The molecule has 8 heteroatoms. The second kappa shape index (κ2) is 10.4. The van der Waals surface area contributed by atoms with Gasteiger partial charge >= 0.3 is 6.03 Å². The zero-order valence-corrected chi connectivity index (χ0v) is 17.9. The van der Waals surface area contributed by atoms with Crippen LogP contribution in [0.15, 0.2) is 53.4 Å². The second-order valence-electron chi connectivity index (χ2n) is 6.54. The van der Waals surface area contributed by atoms with Gasteiger partial charge in [0.1, 0.15) is 5.82 Å². The van der Waals surface area contributed by atoms with Crippen molar-refractivity contribution in [2.45, 2.75) is 38.8 Å². The van der Waals surface area contributed by atoms with Gasteiger partial charge in [0.2, 0.25) is 10.0 Å². The van der Waals surface area contributed by atoms with Gasteiger partial charge in [-0.3, -0.25) is 0 Å². The Kier molecular flexibility index (Phi) is 8.16. The molecule has 0 saturated heterocycles. The van der Waals surface area contributed by atoms with Crippen LogP contribution in [-0.4, -0.2) is 43.3 Å². The Morgan fingerprint density at radius 2 is 1.62 bits per heavy atom. The molecule has 2 aromatic carbocycles. The molecule has 0 heterocycles. The summed E-state index contributed by atoms with van der Waals surface area (Å²) < 4.78 is 39.8. The molecule has 2 amide bonds. The number of carbonyl (C=O) groups is 1. The maximum Gasteiger partial charge on any atom is 0.317 e. The maximum absolute atomic E-state index is 13.3. The number of rotatable bonds is 9. The maximum atomic E-state index is 13.3. The number of amides is 2. The van der Waals surface area contributed by atoms with Gasteiger partial charge in [0.25, 0.3) is 0 Å². The van der Waals surface area contributed by atoms with E-state index < -0.39 is 10.0 Å². The lowest BCUT2D eigenvalue weighted by molar-refractivity contribution is 0.197. The number of carbonyl (C=O) groups excluding carboxylic acids is 1. The summed E-state index contributed by atoms with van der Waals surface area (Å²) in [5.41, 5.74) is 1.51. The van der Waals surface area contributed by atoms with Gasteiger partial charge in [-0.15, -0.1) is 0 Å². The molecule has 0 aliphatic heterocycles. The summed E-state index contributed by atoms with van der Waals surface area (Å²) in [6, 6.07) is 12.4. The summed E-state index contributed by atoms with van der Waals surface area (Å²) in [6.45, 7) is 7.33. The van der Waals surface area contributed by atoms with E-state index in [4.69, 9.17) is 0 Å². The average molecular weight is 422 g/mol. The van der Waals surface area contributed by atoms with Crippen LogP contribution in [0.1, 0.15) is 31.9 Å². The van der Waals surface area contributed by atoms with E-state index >= 15 is 0 Å². The van der Waals surface area contributed by atoms with Gasteiger partial charge in [0, 0.05) is 32.7 Å². The van der Waals surface area contributed by atoms with Gasteiger partial charge in [-0.25, -0.2) is 17.6 Å². The number of hydrogen-bond acceptors (Lipinski definition) is 3. The van der Waals surface area contributed by atoms with E-state index in [1.165, 1.54) is 16.4 Å². The summed E-state index contributed by atoms with van der Waals surface area (Å²) in [7, 11) is -3.50. The van der Waals surface area contributed by atoms with Crippen molar-refractivity contribution in [3.8, 4) is 0 Å². The highest BCUT2D eigenvalue weighted by Gasteiger charge is 2.21. The number of benzene rings is 2. The Bertz CT molecular complexity index is 913. The molecule has 0 aromatic heterocycles. The summed E-state index contributed by atoms with van der Waals surface area (Å²) >= 11 is 0. The van der Waals surface area contributed by atoms with E-state index in [-0.39, 0.29) is 23.3 Å². The van der Waals surface area contributed by atoms with Crippen LogP contribution in [0, 0.1) is 5.82 Å². The number of nitrogens with one attached hydrogen (secondary N) is 1. The van der Waals surface area contributed by atoms with Crippen LogP contribution in [0.25, 0.3) is 0 Å². The number of nitrogens with zero attached hydrogens (tertiary/aromatic N) is 2. The smallest absolute Gasteiger partial charge is 0.317 e. The Morgan fingerprint density at radius 1 is 0.966 bits per heavy atom. The van der Waals surface area contributed by atoms with Crippen LogP contribution in [-0.2, 0) is 23.1 Å². The minimum Gasteiger partial charge on any atom is -0.334 e. The van der Waals surface area contributed by atoms with Gasteiger partial charge in [-0.2, -0.15) is 4.31 Å². The van der Waals surface area contributed by atoms with Crippen LogP contribution < -0.4 is 5.32 Å². The van der Waals surface area contributed by atoms with Gasteiger partial charge < -0.3 is 10.2 Å². The Labute approximate surface area is 172 Å². The molecule has 0 radical (unpaired) electrons. The highest BCUT2D eigenvalue weighted by molar-refractivity contribution is 7.89. The molecule has 0 aliphatic rings. The Morgan fingerprint density at radius 3 is 2.17 bits per heavy atom. The van der Waals surface area contributed by atoms with Gasteiger partial charge in [0.15, 0.2) is 0 Å². The van der Waals surface area contributed by atoms with Crippen LogP contribution in [0.4, 0.5) is 9.18 Å². The molecule has 0 fully saturated rings. The average Bonchev–Trinajstić information content (AvgIpc) is 2.71. The van der Waals surface area contributed by atoms with Crippen molar-refractivity contribution < 1.29 is 17.6 Å². The lowest BCUT2D eigenvalue weighted by atomic mass is 10.2. The summed E-state index contributed by atoms with van der Waals surface area (Å²) in [5, 5.41) is 2.82. The third-order valence-corrected chi connectivity index (χ3v) is 6.71. The van der Waals surface area contributed by atoms with E-state index in [0.717, 1.165) is 5.56 Å². The predicted molar refractivity (Wildman–Crippen MR) is 111 cm³/mol. The quantitative estimate of drug-likeness (QED) is 0.673. The van der Waals surface area contributed by atoms with Crippen LogP contribution in [0.5, 0.6) is 0 Å². The Balaban J connectivity index is 1.99. The van der Waals surface area contributed by atoms with Crippen LogP contribution in [0.2, 0.25) is 0 Å². The van der Waals surface area contributed by atoms with Crippen molar-refractivity contribution in [3.05, 3.63) is 65.5 Å². The van der Waals surface area contributed by atoms with Crippen molar-refractivity contribution in [1.82, 2.24) is 14.5 Å². The first-order chi connectivity index (χ1) is 13.8. The van der Waals surface area contributed by atoms with E-state index in [1.54, 1.807) is 55.1 Å². The molecule has 6 nitrogen and oxygen atoms in total. The van der Waals surface area contributed by atoms with Crippen molar-refractivity contribution >= 4 is 16.1 Å². The normalized spacial score (nSPS) is 11.5. The molecule has 0 unspecified atom stereocenters. The zero-order chi connectivity index (χ0) is 21.4. The molecule has 29 heavy (non-hydrogen) atoms. The molecule has 0 spiro atoms. The molecule has 2 aromatic rings. The molecule has 158 valence electrons. The molecule has 0 saturated carbocycles.